The van der Waals surface area contributed by atoms with E-state index in [0.717, 1.165) is 22.5 Å². The average molecular weight is 368 g/mol. The predicted molar refractivity (Wildman–Crippen MR) is 110 cm³/mol. The van der Waals surface area contributed by atoms with Gasteiger partial charge in [0.15, 0.2) is 0 Å². The zero-order valence-electron chi connectivity index (χ0n) is 15.5. The molecule has 28 heavy (non-hydrogen) atoms. The second-order valence-electron chi connectivity index (χ2n) is 6.58. The van der Waals surface area contributed by atoms with Crippen LogP contribution in [0.4, 0.5) is 5.69 Å². The number of nitrogens with zero attached hydrogens (tertiary/aromatic N) is 3. The van der Waals surface area contributed by atoms with Gasteiger partial charge in [-0.05, 0) is 36.8 Å². The third-order valence-electron chi connectivity index (χ3n) is 4.39. The molecule has 1 N–H and O–H groups in total. The summed E-state index contributed by atoms with van der Waals surface area (Å²) in [5.74, 6) is 0.537. The molecule has 0 radical (unpaired) electrons. The molecule has 3 aromatic carbocycles. The quantitative estimate of drug-likeness (QED) is 0.567. The SMILES string of the molecule is Cc1ccc(NC(=O)c2nc(Cc3ccccc3)n(-c3ccccc3)n2)cc1. The van der Waals surface area contributed by atoms with Gasteiger partial charge in [-0.1, -0.05) is 66.2 Å². The topological polar surface area (TPSA) is 59.8 Å². The second-order valence-corrected chi connectivity index (χ2v) is 6.58. The van der Waals surface area contributed by atoms with E-state index in [-0.39, 0.29) is 11.7 Å². The van der Waals surface area contributed by atoms with Gasteiger partial charge in [0.05, 0.1) is 5.69 Å². The van der Waals surface area contributed by atoms with Crippen LogP contribution < -0.4 is 5.32 Å². The van der Waals surface area contributed by atoms with Gasteiger partial charge in [-0.25, -0.2) is 9.67 Å². The number of para-hydroxylation sites is 1. The molecule has 1 amide bonds. The molecule has 0 atom stereocenters. The van der Waals surface area contributed by atoms with Crippen LogP contribution in [0.25, 0.3) is 5.69 Å². The molecule has 0 aliphatic rings. The number of anilines is 1. The largest absolute Gasteiger partial charge is 0.319 e. The van der Waals surface area contributed by atoms with E-state index in [0.29, 0.717) is 12.2 Å². The Morgan fingerprint density at radius 3 is 2.21 bits per heavy atom. The van der Waals surface area contributed by atoms with Crippen LogP contribution in [0.5, 0.6) is 0 Å². The zero-order chi connectivity index (χ0) is 19.3. The van der Waals surface area contributed by atoms with Gasteiger partial charge in [0.2, 0.25) is 5.82 Å². The van der Waals surface area contributed by atoms with Crippen molar-refractivity contribution < 1.29 is 4.79 Å². The lowest BCUT2D eigenvalue weighted by atomic mass is 10.1. The number of benzene rings is 3. The monoisotopic (exact) mass is 368 g/mol. The molecule has 0 saturated carbocycles. The minimum absolute atomic E-state index is 0.148. The Hall–Kier alpha value is -3.73. The van der Waals surface area contributed by atoms with Gasteiger partial charge >= 0.3 is 0 Å². The van der Waals surface area contributed by atoms with Gasteiger partial charge in [0.25, 0.3) is 5.91 Å². The highest BCUT2D eigenvalue weighted by atomic mass is 16.2. The molecule has 0 aliphatic heterocycles. The summed E-state index contributed by atoms with van der Waals surface area (Å²) in [5, 5.41) is 7.35. The molecule has 5 heteroatoms. The van der Waals surface area contributed by atoms with Crippen molar-refractivity contribution in [2.75, 3.05) is 5.32 Å². The molecule has 138 valence electrons. The van der Waals surface area contributed by atoms with E-state index in [9.17, 15) is 4.79 Å². The van der Waals surface area contributed by atoms with E-state index in [1.807, 2.05) is 91.9 Å². The minimum Gasteiger partial charge on any atom is -0.319 e. The van der Waals surface area contributed by atoms with E-state index in [1.165, 1.54) is 0 Å². The summed E-state index contributed by atoms with van der Waals surface area (Å²) in [4.78, 5) is 17.2. The fourth-order valence-electron chi connectivity index (χ4n) is 2.93. The number of amides is 1. The Morgan fingerprint density at radius 1 is 0.893 bits per heavy atom. The second kappa shape index (κ2) is 7.88. The average Bonchev–Trinajstić information content (AvgIpc) is 3.15. The first-order chi connectivity index (χ1) is 13.7. The third kappa shape index (κ3) is 3.99. The first kappa shape index (κ1) is 17.7. The van der Waals surface area contributed by atoms with Gasteiger partial charge in [-0.3, -0.25) is 4.79 Å². The van der Waals surface area contributed by atoms with E-state index < -0.39 is 0 Å². The summed E-state index contributed by atoms with van der Waals surface area (Å²) in [6.45, 7) is 2.00. The van der Waals surface area contributed by atoms with Crippen molar-refractivity contribution in [1.29, 1.82) is 0 Å². The van der Waals surface area contributed by atoms with Crippen molar-refractivity contribution in [3.63, 3.8) is 0 Å². The minimum atomic E-state index is -0.326. The molecular formula is C23H20N4O. The Labute approximate surface area is 163 Å². The standard InChI is InChI=1S/C23H20N4O/c1-17-12-14-19(15-13-17)24-23(28)22-25-21(16-18-8-4-2-5-9-18)27(26-22)20-10-6-3-7-11-20/h2-15H,16H2,1H3,(H,24,28). The van der Waals surface area contributed by atoms with Crippen molar-refractivity contribution in [2.45, 2.75) is 13.3 Å². The van der Waals surface area contributed by atoms with E-state index in [2.05, 4.69) is 15.4 Å². The Bertz CT molecular complexity index is 1070. The number of carbonyl (C=O) groups is 1. The van der Waals surface area contributed by atoms with Crippen LogP contribution in [-0.4, -0.2) is 20.7 Å². The Morgan fingerprint density at radius 2 is 1.54 bits per heavy atom. The molecule has 4 rings (SSSR count). The lowest BCUT2D eigenvalue weighted by molar-refractivity contribution is 0.101. The molecular weight excluding hydrogens is 348 g/mol. The maximum Gasteiger partial charge on any atom is 0.295 e. The summed E-state index contributed by atoms with van der Waals surface area (Å²) in [6.07, 6.45) is 0.584. The molecule has 1 aromatic heterocycles. The smallest absolute Gasteiger partial charge is 0.295 e. The molecule has 0 unspecified atom stereocenters. The van der Waals surface area contributed by atoms with Crippen molar-refractivity contribution >= 4 is 11.6 Å². The van der Waals surface area contributed by atoms with Crippen molar-refractivity contribution in [2.24, 2.45) is 0 Å². The van der Waals surface area contributed by atoms with Crippen LogP contribution in [0, 0.1) is 6.92 Å². The van der Waals surface area contributed by atoms with Crippen molar-refractivity contribution in [3.05, 3.63) is 108 Å². The fourth-order valence-corrected chi connectivity index (χ4v) is 2.93. The Kier molecular flexibility index (Phi) is 4.97. The van der Waals surface area contributed by atoms with Gasteiger partial charge < -0.3 is 5.32 Å². The van der Waals surface area contributed by atoms with Crippen LogP contribution in [-0.2, 0) is 6.42 Å². The highest BCUT2D eigenvalue weighted by Crippen LogP contribution is 2.15. The lowest BCUT2D eigenvalue weighted by Crippen LogP contribution is -2.14. The lowest BCUT2D eigenvalue weighted by Gasteiger charge is -2.05. The molecule has 0 bridgehead atoms. The van der Waals surface area contributed by atoms with Gasteiger partial charge in [-0.2, -0.15) is 0 Å². The predicted octanol–water partition coefficient (Wildman–Crippen LogP) is 4.42. The van der Waals surface area contributed by atoms with Crippen LogP contribution in [0.15, 0.2) is 84.9 Å². The number of carbonyl (C=O) groups excluding carboxylic acids is 1. The number of aromatic nitrogens is 3. The summed E-state index contributed by atoms with van der Waals surface area (Å²) >= 11 is 0. The van der Waals surface area contributed by atoms with Crippen molar-refractivity contribution in [3.8, 4) is 5.69 Å². The van der Waals surface area contributed by atoms with E-state index in [4.69, 9.17) is 0 Å². The fraction of sp³-hybridized carbons (Fsp3) is 0.0870. The highest BCUT2D eigenvalue weighted by molar-refractivity contribution is 6.01. The number of aryl methyl sites for hydroxylation is 1. The van der Waals surface area contributed by atoms with Crippen LogP contribution in [0.3, 0.4) is 0 Å². The summed E-state index contributed by atoms with van der Waals surface area (Å²) in [5.41, 5.74) is 3.83. The number of rotatable bonds is 5. The maximum absolute atomic E-state index is 12.7. The molecule has 0 aliphatic carbocycles. The highest BCUT2D eigenvalue weighted by Gasteiger charge is 2.18. The van der Waals surface area contributed by atoms with Crippen LogP contribution >= 0.6 is 0 Å². The third-order valence-corrected chi connectivity index (χ3v) is 4.39. The molecule has 1 heterocycles. The molecule has 0 fully saturated rings. The van der Waals surface area contributed by atoms with Crippen LogP contribution in [0.2, 0.25) is 0 Å². The first-order valence-corrected chi connectivity index (χ1v) is 9.12. The molecule has 5 nitrogen and oxygen atoms in total. The number of nitrogens with one attached hydrogen (secondary N) is 1. The maximum atomic E-state index is 12.7. The van der Waals surface area contributed by atoms with Gasteiger partial charge in [0.1, 0.15) is 5.82 Å². The van der Waals surface area contributed by atoms with E-state index >= 15 is 0 Å². The van der Waals surface area contributed by atoms with Gasteiger partial charge in [0, 0.05) is 12.1 Å². The molecule has 0 saturated heterocycles. The molecule has 4 aromatic rings. The van der Waals surface area contributed by atoms with Gasteiger partial charge in [-0.15, -0.1) is 5.10 Å². The summed E-state index contributed by atoms with van der Waals surface area (Å²) in [6, 6.07) is 27.4. The molecule has 0 spiro atoms. The summed E-state index contributed by atoms with van der Waals surface area (Å²) in [7, 11) is 0. The van der Waals surface area contributed by atoms with Crippen LogP contribution in [0.1, 0.15) is 27.6 Å². The normalized spacial score (nSPS) is 10.6. The number of hydrogen-bond acceptors (Lipinski definition) is 3. The van der Waals surface area contributed by atoms with E-state index in [1.54, 1.807) is 4.68 Å². The Balaban J connectivity index is 1.66. The number of hydrogen-bond donors (Lipinski definition) is 1. The van der Waals surface area contributed by atoms with Crippen molar-refractivity contribution in [1.82, 2.24) is 14.8 Å². The zero-order valence-corrected chi connectivity index (χ0v) is 15.5. The summed E-state index contributed by atoms with van der Waals surface area (Å²) < 4.78 is 1.73. The first-order valence-electron chi connectivity index (χ1n) is 9.12.